The maximum atomic E-state index is 4.86. The van der Waals surface area contributed by atoms with Gasteiger partial charge in [0.15, 0.2) is 0 Å². The van der Waals surface area contributed by atoms with Crippen LogP contribution in [-0.4, -0.2) is 26.8 Å². The van der Waals surface area contributed by atoms with Crippen LogP contribution in [0.25, 0.3) is 11.3 Å². The van der Waals surface area contributed by atoms with Crippen LogP contribution in [0.5, 0.6) is 0 Å². The van der Waals surface area contributed by atoms with Gasteiger partial charge in [-0.05, 0) is 31.1 Å². The van der Waals surface area contributed by atoms with Crippen molar-refractivity contribution in [3.05, 3.63) is 24.3 Å². The average molecular weight is 283 g/mol. The summed E-state index contributed by atoms with van der Waals surface area (Å²) in [6, 6.07) is 2.01. The van der Waals surface area contributed by atoms with Crippen molar-refractivity contribution >= 4 is 5.82 Å². The van der Waals surface area contributed by atoms with Gasteiger partial charge in [0.05, 0.1) is 11.9 Å². The Hall–Kier alpha value is -1.91. The molecule has 0 spiro atoms. The number of hydrogen-bond donors (Lipinski definition) is 1. The maximum absolute atomic E-state index is 4.86. The van der Waals surface area contributed by atoms with E-state index in [-0.39, 0.29) is 0 Å². The highest BCUT2D eigenvalue weighted by molar-refractivity contribution is 5.61. The van der Waals surface area contributed by atoms with E-state index in [1.165, 1.54) is 25.7 Å². The lowest BCUT2D eigenvalue weighted by atomic mass is 9.88. The van der Waals surface area contributed by atoms with E-state index in [0.29, 0.717) is 5.92 Å². The summed E-state index contributed by atoms with van der Waals surface area (Å²) in [7, 11) is 3.85. The molecule has 3 unspecified atom stereocenters. The van der Waals surface area contributed by atoms with Crippen LogP contribution in [0.15, 0.2) is 18.5 Å². The standard InChI is InChI=1S/C16H21N5/c1-17-15-7-14(12-8-18-21(2)9-12)19-16(20-15)13-6-10-3-4-11(13)5-10/h7-11,13H,3-6H2,1-2H3,(H,17,19,20). The largest absolute Gasteiger partial charge is 0.373 e. The van der Waals surface area contributed by atoms with E-state index >= 15 is 0 Å². The lowest BCUT2D eigenvalue weighted by molar-refractivity contribution is 0.406. The Morgan fingerprint density at radius 2 is 2.14 bits per heavy atom. The number of aromatic nitrogens is 4. The molecule has 0 radical (unpaired) electrons. The monoisotopic (exact) mass is 283 g/mol. The molecule has 110 valence electrons. The zero-order chi connectivity index (χ0) is 14.4. The molecule has 2 aromatic rings. The normalized spacial score (nSPS) is 27.2. The second-order valence-electron chi connectivity index (χ2n) is 6.43. The summed E-state index contributed by atoms with van der Waals surface area (Å²) in [4.78, 5) is 9.60. The summed E-state index contributed by atoms with van der Waals surface area (Å²) in [5.41, 5.74) is 2.03. The van der Waals surface area contributed by atoms with Gasteiger partial charge in [0.2, 0.25) is 0 Å². The van der Waals surface area contributed by atoms with Crippen LogP contribution in [0.4, 0.5) is 5.82 Å². The van der Waals surface area contributed by atoms with Gasteiger partial charge in [-0.3, -0.25) is 4.68 Å². The van der Waals surface area contributed by atoms with E-state index in [0.717, 1.165) is 34.7 Å². The topological polar surface area (TPSA) is 55.6 Å². The summed E-state index contributed by atoms with van der Waals surface area (Å²) in [5.74, 6) is 4.18. The zero-order valence-electron chi connectivity index (χ0n) is 12.6. The molecule has 2 heterocycles. The summed E-state index contributed by atoms with van der Waals surface area (Å²) < 4.78 is 1.81. The number of nitrogens with one attached hydrogen (secondary N) is 1. The molecule has 2 fully saturated rings. The molecule has 21 heavy (non-hydrogen) atoms. The van der Waals surface area contributed by atoms with Crippen molar-refractivity contribution in [2.45, 2.75) is 31.6 Å². The third kappa shape index (κ3) is 2.20. The Morgan fingerprint density at radius 1 is 1.24 bits per heavy atom. The Kier molecular flexibility index (Phi) is 2.94. The Morgan fingerprint density at radius 3 is 2.76 bits per heavy atom. The fourth-order valence-corrected chi connectivity index (χ4v) is 4.02. The summed E-state index contributed by atoms with van der Waals surface area (Å²) >= 11 is 0. The van der Waals surface area contributed by atoms with Crippen molar-refractivity contribution in [3.8, 4) is 11.3 Å². The fraction of sp³-hybridized carbons (Fsp3) is 0.562. The summed E-state index contributed by atoms with van der Waals surface area (Å²) in [6.07, 6.45) is 9.27. The molecule has 5 nitrogen and oxygen atoms in total. The third-order valence-corrected chi connectivity index (χ3v) is 5.07. The van der Waals surface area contributed by atoms with Crippen molar-refractivity contribution in [3.63, 3.8) is 0 Å². The van der Waals surface area contributed by atoms with Crippen molar-refractivity contribution in [2.75, 3.05) is 12.4 Å². The molecule has 0 amide bonds. The van der Waals surface area contributed by atoms with Gasteiger partial charge in [-0.15, -0.1) is 0 Å². The first-order valence-corrected chi connectivity index (χ1v) is 7.78. The van der Waals surface area contributed by atoms with Crippen molar-refractivity contribution in [1.82, 2.24) is 19.7 Å². The predicted molar refractivity (Wildman–Crippen MR) is 82.0 cm³/mol. The highest BCUT2D eigenvalue weighted by Gasteiger charge is 2.41. The molecule has 4 rings (SSSR count). The molecule has 1 N–H and O–H groups in total. The molecule has 0 aromatic carbocycles. The highest BCUT2D eigenvalue weighted by Crippen LogP contribution is 2.52. The Bertz CT molecular complexity index is 662. The van der Waals surface area contributed by atoms with Crippen molar-refractivity contribution in [2.24, 2.45) is 18.9 Å². The lowest BCUT2D eigenvalue weighted by Crippen LogP contribution is -2.13. The van der Waals surface area contributed by atoms with E-state index < -0.39 is 0 Å². The zero-order valence-corrected chi connectivity index (χ0v) is 12.6. The number of nitrogens with zero attached hydrogens (tertiary/aromatic N) is 4. The minimum absolute atomic E-state index is 0.549. The first kappa shape index (κ1) is 12.8. The molecule has 5 heteroatoms. The minimum atomic E-state index is 0.549. The van der Waals surface area contributed by atoms with Gasteiger partial charge in [-0.1, -0.05) is 6.42 Å². The van der Waals surface area contributed by atoms with Crippen LogP contribution < -0.4 is 5.32 Å². The van der Waals surface area contributed by atoms with Crippen LogP contribution in [-0.2, 0) is 7.05 Å². The Labute approximate surface area is 124 Å². The lowest BCUT2D eigenvalue weighted by Gasteiger charge is -2.21. The van der Waals surface area contributed by atoms with Crippen LogP contribution in [0.3, 0.4) is 0 Å². The maximum Gasteiger partial charge on any atom is 0.134 e. The van der Waals surface area contributed by atoms with Crippen molar-refractivity contribution < 1.29 is 0 Å². The van der Waals surface area contributed by atoms with Crippen molar-refractivity contribution in [1.29, 1.82) is 0 Å². The first-order valence-electron chi connectivity index (χ1n) is 7.78. The second kappa shape index (κ2) is 4.83. The number of aryl methyl sites for hydroxylation is 1. The van der Waals surface area contributed by atoms with Gasteiger partial charge in [-0.25, -0.2) is 9.97 Å². The summed E-state index contributed by atoms with van der Waals surface area (Å²) in [6.45, 7) is 0. The predicted octanol–water partition coefficient (Wildman–Crippen LogP) is 2.82. The van der Waals surface area contributed by atoms with Crippen LogP contribution >= 0.6 is 0 Å². The highest BCUT2D eigenvalue weighted by atomic mass is 15.2. The SMILES string of the molecule is CNc1cc(-c2cnn(C)c2)nc(C2CC3CCC2C3)n1. The molecule has 2 bridgehead atoms. The second-order valence-corrected chi connectivity index (χ2v) is 6.43. The molecule has 0 saturated heterocycles. The molecular weight excluding hydrogens is 262 g/mol. The van der Waals surface area contributed by atoms with E-state index in [1.807, 2.05) is 37.2 Å². The van der Waals surface area contributed by atoms with E-state index in [4.69, 9.17) is 9.97 Å². The molecule has 2 aliphatic rings. The van der Waals surface area contributed by atoms with E-state index in [1.54, 1.807) is 0 Å². The number of hydrogen-bond acceptors (Lipinski definition) is 4. The molecular formula is C16H21N5. The van der Waals surface area contributed by atoms with E-state index in [9.17, 15) is 0 Å². The molecule has 2 saturated carbocycles. The van der Waals surface area contributed by atoms with Gasteiger partial charge in [0.1, 0.15) is 11.6 Å². The van der Waals surface area contributed by atoms with Gasteiger partial charge in [0, 0.05) is 37.8 Å². The molecule has 0 aliphatic heterocycles. The number of rotatable bonds is 3. The molecule has 3 atom stereocenters. The number of anilines is 1. The first-order chi connectivity index (χ1) is 10.2. The van der Waals surface area contributed by atoms with Crippen LogP contribution in [0.2, 0.25) is 0 Å². The minimum Gasteiger partial charge on any atom is -0.373 e. The average Bonchev–Trinajstić information content (AvgIpc) is 3.22. The van der Waals surface area contributed by atoms with Crippen LogP contribution in [0, 0.1) is 11.8 Å². The Balaban J connectivity index is 1.73. The van der Waals surface area contributed by atoms with Gasteiger partial charge in [0.25, 0.3) is 0 Å². The number of fused-ring (bicyclic) bond motifs is 2. The van der Waals surface area contributed by atoms with Gasteiger partial charge in [-0.2, -0.15) is 5.10 Å². The van der Waals surface area contributed by atoms with Gasteiger partial charge >= 0.3 is 0 Å². The van der Waals surface area contributed by atoms with E-state index in [2.05, 4.69) is 10.4 Å². The quantitative estimate of drug-likeness (QED) is 0.941. The summed E-state index contributed by atoms with van der Waals surface area (Å²) in [5, 5.41) is 7.42. The fourth-order valence-electron chi connectivity index (χ4n) is 4.02. The smallest absolute Gasteiger partial charge is 0.134 e. The third-order valence-electron chi connectivity index (χ3n) is 5.07. The van der Waals surface area contributed by atoms with Crippen LogP contribution in [0.1, 0.15) is 37.4 Å². The molecule has 2 aromatic heterocycles. The molecule has 2 aliphatic carbocycles. The van der Waals surface area contributed by atoms with Gasteiger partial charge < -0.3 is 5.32 Å².